The van der Waals surface area contributed by atoms with E-state index < -0.39 is 0 Å². The van der Waals surface area contributed by atoms with Crippen LogP contribution in [-0.4, -0.2) is 38.2 Å². The summed E-state index contributed by atoms with van der Waals surface area (Å²) in [6.07, 6.45) is 5.80. The van der Waals surface area contributed by atoms with Crippen LogP contribution in [0.2, 0.25) is 0 Å². The van der Waals surface area contributed by atoms with Crippen molar-refractivity contribution in [3.05, 3.63) is 30.9 Å². The molecular weight excluding hydrogens is 244 g/mol. The van der Waals surface area contributed by atoms with Crippen LogP contribution >= 0.6 is 0 Å². The lowest BCUT2D eigenvalue weighted by molar-refractivity contribution is 0.295. The van der Waals surface area contributed by atoms with Crippen LogP contribution in [0.5, 0.6) is 6.01 Å². The second-order valence-corrected chi connectivity index (χ2v) is 4.02. The molecule has 0 atom stereocenters. The van der Waals surface area contributed by atoms with E-state index in [1.54, 1.807) is 30.3 Å². The first-order chi connectivity index (χ1) is 9.19. The Morgan fingerprint density at radius 2 is 2.26 bits per heavy atom. The van der Waals surface area contributed by atoms with Gasteiger partial charge in [0.1, 0.15) is 6.33 Å². The van der Waals surface area contributed by atoms with E-state index in [-0.39, 0.29) is 6.01 Å². The molecule has 0 bridgehead atoms. The van der Waals surface area contributed by atoms with Crippen LogP contribution in [0, 0.1) is 0 Å². The largest absolute Gasteiger partial charge is 0.463 e. The quantitative estimate of drug-likeness (QED) is 0.792. The Morgan fingerprint density at radius 3 is 2.89 bits per heavy atom. The molecule has 2 aromatic heterocycles. The highest BCUT2D eigenvalue weighted by atomic mass is 16.5. The molecule has 0 fully saturated rings. The molecule has 0 saturated heterocycles. The van der Waals surface area contributed by atoms with Crippen LogP contribution in [0.25, 0.3) is 5.95 Å². The third-order valence-electron chi connectivity index (χ3n) is 2.32. The zero-order valence-electron chi connectivity index (χ0n) is 11.0. The maximum Gasteiger partial charge on any atom is 0.323 e. The zero-order chi connectivity index (χ0) is 13.7. The molecule has 2 aromatic rings. The monoisotopic (exact) mass is 260 g/mol. The SMILES string of the molecule is C=C(C)CCOc1nc(NC)nc(-n2ccnc2)n1. The Morgan fingerprint density at radius 1 is 1.42 bits per heavy atom. The van der Waals surface area contributed by atoms with Crippen molar-refractivity contribution >= 4 is 5.95 Å². The number of aromatic nitrogens is 5. The molecule has 0 aliphatic carbocycles. The summed E-state index contributed by atoms with van der Waals surface area (Å²) in [5, 5.41) is 2.88. The average Bonchev–Trinajstić information content (AvgIpc) is 2.92. The van der Waals surface area contributed by atoms with Gasteiger partial charge in [0, 0.05) is 25.9 Å². The lowest BCUT2D eigenvalue weighted by atomic mass is 10.3. The Kier molecular flexibility index (Phi) is 4.07. The van der Waals surface area contributed by atoms with Gasteiger partial charge in [-0.3, -0.25) is 4.57 Å². The second kappa shape index (κ2) is 5.94. The Balaban J connectivity index is 2.19. The number of hydrogen-bond acceptors (Lipinski definition) is 6. The molecule has 2 heterocycles. The summed E-state index contributed by atoms with van der Waals surface area (Å²) in [6, 6.07) is 0.282. The summed E-state index contributed by atoms with van der Waals surface area (Å²) in [5.74, 6) is 0.909. The second-order valence-electron chi connectivity index (χ2n) is 4.02. The predicted molar refractivity (Wildman–Crippen MR) is 71.4 cm³/mol. The summed E-state index contributed by atoms with van der Waals surface area (Å²) < 4.78 is 7.19. The Hall–Kier alpha value is -2.44. The molecule has 19 heavy (non-hydrogen) atoms. The molecule has 0 unspecified atom stereocenters. The molecule has 0 aliphatic rings. The number of rotatable bonds is 6. The number of ether oxygens (including phenoxy) is 1. The third kappa shape index (κ3) is 3.51. The lowest BCUT2D eigenvalue weighted by Gasteiger charge is -2.08. The molecule has 0 saturated carbocycles. The maximum atomic E-state index is 5.50. The van der Waals surface area contributed by atoms with Crippen LogP contribution in [-0.2, 0) is 0 Å². The highest BCUT2D eigenvalue weighted by Gasteiger charge is 2.08. The van der Waals surface area contributed by atoms with Crippen molar-refractivity contribution in [1.29, 1.82) is 0 Å². The van der Waals surface area contributed by atoms with Crippen LogP contribution in [0.15, 0.2) is 30.9 Å². The fourth-order valence-electron chi connectivity index (χ4n) is 1.33. The third-order valence-corrected chi connectivity index (χ3v) is 2.32. The van der Waals surface area contributed by atoms with Crippen molar-refractivity contribution in [2.75, 3.05) is 19.0 Å². The minimum absolute atomic E-state index is 0.282. The number of nitrogens with zero attached hydrogens (tertiary/aromatic N) is 5. The van der Waals surface area contributed by atoms with Gasteiger partial charge in [0.25, 0.3) is 0 Å². The standard InChI is InChI=1S/C12H16N6O/c1-9(2)4-7-19-12-16-10(13-3)15-11(17-12)18-6-5-14-8-18/h5-6,8H,1,4,7H2,2-3H3,(H,13,15,16,17). The number of imidazole rings is 1. The maximum absolute atomic E-state index is 5.50. The average molecular weight is 260 g/mol. The zero-order valence-corrected chi connectivity index (χ0v) is 11.0. The Bertz CT molecular complexity index is 551. The van der Waals surface area contributed by atoms with Gasteiger partial charge >= 0.3 is 6.01 Å². The van der Waals surface area contributed by atoms with Gasteiger partial charge in [-0.15, -0.1) is 6.58 Å². The number of hydrogen-bond donors (Lipinski definition) is 1. The number of nitrogens with one attached hydrogen (secondary N) is 1. The first-order valence-electron chi connectivity index (χ1n) is 5.88. The highest BCUT2D eigenvalue weighted by molar-refractivity contribution is 5.29. The van der Waals surface area contributed by atoms with Gasteiger partial charge in [-0.25, -0.2) is 4.98 Å². The van der Waals surface area contributed by atoms with E-state index in [2.05, 4.69) is 31.8 Å². The van der Waals surface area contributed by atoms with E-state index in [0.717, 1.165) is 12.0 Å². The van der Waals surface area contributed by atoms with Crippen LogP contribution in [0.3, 0.4) is 0 Å². The molecule has 0 spiro atoms. The van der Waals surface area contributed by atoms with Gasteiger partial charge in [-0.05, 0) is 6.92 Å². The molecular formula is C12H16N6O. The first-order valence-corrected chi connectivity index (χ1v) is 5.88. The van der Waals surface area contributed by atoms with Crippen molar-refractivity contribution < 1.29 is 4.74 Å². The van der Waals surface area contributed by atoms with Crippen LogP contribution in [0.1, 0.15) is 13.3 Å². The van der Waals surface area contributed by atoms with E-state index >= 15 is 0 Å². The topological polar surface area (TPSA) is 77.8 Å². The molecule has 100 valence electrons. The molecule has 2 rings (SSSR count). The van der Waals surface area contributed by atoms with E-state index in [4.69, 9.17) is 4.74 Å². The van der Waals surface area contributed by atoms with Crippen molar-refractivity contribution in [3.8, 4) is 12.0 Å². The minimum atomic E-state index is 0.282. The molecule has 1 N–H and O–H groups in total. The molecule has 0 amide bonds. The summed E-state index contributed by atoms with van der Waals surface area (Å²) >= 11 is 0. The fraction of sp³-hybridized carbons (Fsp3) is 0.333. The normalized spacial score (nSPS) is 10.2. The summed E-state index contributed by atoms with van der Waals surface area (Å²) in [7, 11) is 1.74. The van der Waals surface area contributed by atoms with Crippen molar-refractivity contribution in [3.63, 3.8) is 0 Å². The minimum Gasteiger partial charge on any atom is -0.463 e. The molecule has 7 heteroatoms. The summed E-state index contributed by atoms with van der Waals surface area (Å²) in [5.41, 5.74) is 1.05. The van der Waals surface area contributed by atoms with Gasteiger partial charge < -0.3 is 10.1 Å². The molecule has 7 nitrogen and oxygen atoms in total. The smallest absolute Gasteiger partial charge is 0.323 e. The van der Waals surface area contributed by atoms with Crippen LogP contribution < -0.4 is 10.1 Å². The Labute approximate surface area is 111 Å². The van der Waals surface area contributed by atoms with E-state index in [1.807, 2.05) is 6.92 Å². The van der Waals surface area contributed by atoms with E-state index in [1.165, 1.54) is 0 Å². The lowest BCUT2D eigenvalue weighted by Crippen LogP contribution is -2.09. The van der Waals surface area contributed by atoms with Crippen molar-refractivity contribution in [2.45, 2.75) is 13.3 Å². The highest BCUT2D eigenvalue weighted by Crippen LogP contribution is 2.11. The van der Waals surface area contributed by atoms with Gasteiger partial charge in [-0.2, -0.15) is 15.0 Å². The van der Waals surface area contributed by atoms with Gasteiger partial charge in [0.2, 0.25) is 11.9 Å². The van der Waals surface area contributed by atoms with E-state index in [0.29, 0.717) is 18.5 Å². The van der Waals surface area contributed by atoms with Crippen molar-refractivity contribution in [2.24, 2.45) is 0 Å². The van der Waals surface area contributed by atoms with Crippen LogP contribution in [0.4, 0.5) is 5.95 Å². The predicted octanol–water partition coefficient (Wildman–Crippen LogP) is 1.44. The van der Waals surface area contributed by atoms with Crippen molar-refractivity contribution in [1.82, 2.24) is 24.5 Å². The molecule has 0 aliphatic heterocycles. The first kappa shape index (κ1) is 13.0. The van der Waals surface area contributed by atoms with Gasteiger partial charge in [0.15, 0.2) is 0 Å². The summed E-state index contributed by atoms with van der Waals surface area (Å²) in [6.45, 7) is 6.26. The molecule has 0 aromatic carbocycles. The fourth-order valence-corrected chi connectivity index (χ4v) is 1.33. The number of anilines is 1. The summed E-state index contributed by atoms with van der Waals surface area (Å²) in [4.78, 5) is 16.6. The van der Waals surface area contributed by atoms with Gasteiger partial charge in [0.05, 0.1) is 6.61 Å². The molecule has 0 radical (unpaired) electrons. The van der Waals surface area contributed by atoms with E-state index in [9.17, 15) is 0 Å². The van der Waals surface area contributed by atoms with Gasteiger partial charge in [-0.1, -0.05) is 5.57 Å².